The van der Waals surface area contributed by atoms with Gasteiger partial charge in [0.15, 0.2) is 0 Å². The quantitative estimate of drug-likeness (QED) is 0.254. The van der Waals surface area contributed by atoms with Gasteiger partial charge in [-0.05, 0) is 12.8 Å². The molecule has 0 heterocycles. The minimum absolute atomic E-state index is 0.0990. The van der Waals surface area contributed by atoms with Crippen LogP contribution >= 0.6 is 0 Å². The summed E-state index contributed by atoms with van der Waals surface area (Å²) >= 11 is -1.87. The summed E-state index contributed by atoms with van der Waals surface area (Å²) in [5.41, 5.74) is 0. The molecule has 3 heteroatoms. The molecule has 128 valence electrons. The van der Waals surface area contributed by atoms with Crippen LogP contribution in [0.5, 0.6) is 0 Å². The first-order chi connectivity index (χ1) is 10.2. The Morgan fingerprint density at radius 3 is 1.48 bits per heavy atom. The Balaban J connectivity index is 3.23. The normalized spacial score (nSPS) is 14.2. The average molecular weight is 318 g/mol. The van der Waals surface area contributed by atoms with Gasteiger partial charge in [-0.1, -0.05) is 108 Å². The smallest absolute Gasteiger partial charge is 0.0215 e. The van der Waals surface area contributed by atoms with Gasteiger partial charge in [0.25, 0.3) is 0 Å². The van der Waals surface area contributed by atoms with Crippen LogP contribution in [0, 0.1) is 0 Å². The van der Waals surface area contributed by atoms with E-state index in [1.807, 2.05) is 0 Å². The molecule has 0 saturated heterocycles. The molecule has 0 spiro atoms. The zero-order valence-electron chi connectivity index (χ0n) is 14.4. The molecule has 0 rings (SSSR count). The van der Waals surface area contributed by atoms with E-state index in [0.717, 1.165) is 25.7 Å². The molecule has 0 saturated carbocycles. The van der Waals surface area contributed by atoms with Crippen molar-refractivity contribution in [3.63, 3.8) is 0 Å². The van der Waals surface area contributed by atoms with Crippen LogP contribution in [0.4, 0.5) is 0 Å². The van der Waals surface area contributed by atoms with Gasteiger partial charge in [-0.3, -0.25) is 4.21 Å². The molecule has 0 aromatic rings. The standard InChI is InChI=1S/C18H38O2S/c1-3-5-6-7-8-9-10-11-12-13-14-15-17-18(16-4-2)21(19)20/h18H,3-17H2,1-2H3,(H,19,20)/p-1. The molecule has 2 atom stereocenters. The second kappa shape index (κ2) is 16.5. The summed E-state index contributed by atoms with van der Waals surface area (Å²) in [5.74, 6) is 0. The van der Waals surface area contributed by atoms with Gasteiger partial charge in [-0.2, -0.15) is 0 Å². The van der Waals surface area contributed by atoms with E-state index < -0.39 is 11.1 Å². The fourth-order valence-corrected chi connectivity index (χ4v) is 3.66. The molecule has 0 aromatic heterocycles. The molecule has 0 amide bonds. The van der Waals surface area contributed by atoms with Gasteiger partial charge in [0, 0.05) is 5.25 Å². The lowest BCUT2D eigenvalue weighted by Crippen LogP contribution is -2.14. The minimum Gasteiger partial charge on any atom is -0.772 e. The van der Waals surface area contributed by atoms with Gasteiger partial charge in [0.2, 0.25) is 0 Å². The Morgan fingerprint density at radius 2 is 1.10 bits per heavy atom. The Kier molecular flexibility index (Phi) is 16.6. The predicted molar refractivity (Wildman–Crippen MR) is 93.3 cm³/mol. The number of hydrogen-bond acceptors (Lipinski definition) is 2. The molecule has 2 nitrogen and oxygen atoms in total. The third kappa shape index (κ3) is 14.8. The number of unbranched alkanes of at least 4 members (excludes halogenated alkanes) is 11. The monoisotopic (exact) mass is 317 g/mol. The van der Waals surface area contributed by atoms with Gasteiger partial charge in [0.1, 0.15) is 0 Å². The number of hydrogen-bond donors (Lipinski definition) is 0. The summed E-state index contributed by atoms with van der Waals surface area (Å²) in [4.78, 5) is 0. The van der Waals surface area contributed by atoms with Gasteiger partial charge in [-0.15, -0.1) is 0 Å². The summed E-state index contributed by atoms with van der Waals surface area (Å²) in [5, 5.41) is -0.0990. The topological polar surface area (TPSA) is 40.1 Å². The average Bonchev–Trinajstić information content (AvgIpc) is 2.47. The van der Waals surface area contributed by atoms with Crippen molar-refractivity contribution in [2.24, 2.45) is 0 Å². The summed E-state index contributed by atoms with van der Waals surface area (Å²) < 4.78 is 22.0. The third-order valence-electron chi connectivity index (χ3n) is 4.26. The Hall–Kier alpha value is 0.110. The van der Waals surface area contributed by atoms with E-state index in [1.165, 1.54) is 70.6 Å². The Bertz CT molecular complexity index is 231. The molecule has 0 bridgehead atoms. The van der Waals surface area contributed by atoms with Crippen molar-refractivity contribution >= 4 is 11.1 Å². The summed E-state index contributed by atoms with van der Waals surface area (Å²) in [6, 6.07) is 0. The summed E-state index contributed by atoms with van der Waals surface area (Å²) in [6.45, 7) is 4.32. The highest BCUT2D eigenvalue weighted by molar-refractivity contribution is 7.79. The van der Waals surface area contributed by atoms with Crippen LogP contribution in [0.3, 0.4) is 0 Å². The predicted octanol–water partition coefficient (Wildman–Crippen LogP) is 6.13. The SMILES string of the molecule is CCCCCCCCCCCCCCC(CCC)S(=O)[O-]. The fraction of sp³-hybridized carbons (Fsp3) is 1.00. The van der Waals surface area contributed by atoms with Crippen molar-refractivity contribution in [3.8, 4) is 0 Å². The highest BCUT2D eigenvalue weighted by Crippen LogP contribution is 2.16. The van der Waals surface area contributed by atoms with Crippen molar-refractivity contribution in [2.45, 2.75) is 115 Å². The van der Waals surface area contributed by atoms with Crippen molar-refractivity contribution in [2.75, 3.05) is 0 Å². The van der Waals surface area contributed by atoms with E-state index in [-0.39, 0.29) is 5.25 Å². The van der Waals surface area contributed by atoms with E-state index in [0.29, 0.717) is 0 Å². The highest BCUT2D eigenvalue weighted by Gasteiger charge is 2.07. The lowest BCUT2D eigenvalue weighted by atomic mass is 10.0. The van der Waals surface area contributed by atoms with E-state index in [9.17, 15) is 8.76 Å². The fourth-order valence-electron chi connectivity index (χ4n) is 2.87. The Morgan fingerprint density at radius 1 is 0.667 bits per heavy atom. The lowest BCUT2D eigenvalue weighted by Gasteiger charge is -2.18. The molecule has 0 aliphatic rings. The maximum absolute atomic E-state index is 11.0. The molecule has 0 radical (unpaired) electrons. The van der Waals surface area contributed by atoms with E-state index in [1.54, 1.807) is 0 Å². The van der Waals surface area contributed by atoms with Crippen molar-refractivity contribution < 1.29 is 8.76 Å². The zero-order valence-corrected chi connectivity index (χ0v) is 15.2. The van der Waals surface area contributed by atoms with Crippen LogP contribution in [0.1, 0.15) is 110 Å². The maximum atomic E-state index is 11.0. The van der Waals surface area contributed by atoms with Crippen LogP contribution in [-0.4, -0.2) is 14.0 Å². The zero-order chi connectivity index (χ0) is 15.8. The molecule has 0 aliphatic heterocycles. The summed E-state index contributed by atoms with van der Waals surface area (Å²) in [7, 11) is 0. The van der Waals surface area contributed by atoms with E-state index in [2.05, 4.69) is 13.8 Å². The van der Waals surface area contributed by atoms with E-state index in [4.69, 9.17) is 0 Å². The van der Waals surface area contributed by atoms with Crippen LogP contribution in [0.15, 0.2) is 0 Å². The first kappa shape index (κ1) is 21.1. The lowest BCUT2D eigenvalue weighted by molar-refractivity contribution is 0.492. The second-order valence-corrected chi connectivity index (χ2v) is 7.54. The van der Waals surface area contributed by atoms with Crippen LogP contribution in [0.2, 0.25) is 0 Å². The molecular formula is C18H37O2S-. The van der Waals surface area contributed by atoms with Gasteiger partial charge in [-0.25, -0.2) is 0 Å². The van der Waals surface area contributed by atoms with Crippen molar-refractivity contribution in [3.05, 3.63) is 0 Å². The highest BCUT2D eigenvalue weighted by atomic mass is 32.2. The van der Waals surface area contributed by atoms with Crippen molar-refractivity contribution in [1.82, 2.24) is 0 Å². The largest absolute Gasteiger partial charge is 0.772 e. The Labute approximate surface area is 135 Å². The van der Waals surface area contributed by atoms with Crippen molar-refractivity contribution in [1.29, 1.82) is 0 Å². The van der Waals surface area contributed by atoms with Gasteiger partial charge in [0.05, 0.1) is 0 Å². The second-order valence-electron chi connectivity index (χ2n) is 6.35. The molecular weight excluding hydrogens is 280 g/mol. The molecule has 0 aliphatic carbocycles. The van der Waals surface area contributed by atoms with Gasteiger partial charge >= 0.3 is 0 Å². The van der Waals surface area contributed by atoms with Crippen LogP contribution in [0.25, 0.3) is 0 Å². The molecule has 21 heavy (non-hydrogen) atoms. The number of rotatable bonds is 16. The molecule has 0 N–H and O–H groups in total. The van der Waals surface area contributed by atoms with Crippen LogP contribution < -0.4 is 0 Å². The summed E-state index contributed by atoms with van der Waals surface area (Å²) in [6.07, 6.45) is 18.7. The molecule has 2 unspecified atom stereocenters. The first-order valence-electron chi connectivity index (χ1n) is 9.30. The van der Waals surface area contributed by atoms with E-state index >= 15 is 0 Å². The maximum Gasteiger partial charge on any atom is 0.0215 e. The van der Waals surface area contributed by atoms with Crippen LogP contribution in [-0.2, 0) is 11.1 Å². The first-order valence-corrected chi connectivity index (χ1v) is 10.4. The van der Waals surface area contributed by atoms with Gasteiger partial charge < -0.3 is 4.55 Å². The molecule has 0 aromatic carbocycles. The molecule has 0 fully saturated rings. The minimum atomic E-state index is -1.87. The third-order valence-corrected chi connectivity index (χ3v) is 5.28.